The molecule has 0 aliphatic carbocycles. The van der Waals surface area contributed by atoms with Crippen LogP contribution in [0.2, 0.25) is 0 Å². The van der Waals surface area contributed by atoms with Crippen LogP contribution in [-0.4, -0.2) is 24.6 Å². The molecule has 1 saturated heterocycles. The third kappa shape index (κ3) is 2.14. The number of non-ortho nitro benzene ring substituents is 1. The second-order valence-corrected chi connectivity index (χ2v) is 4.11. The fourth-order valence-corrected chi connectivity index (χ4v) is 2.04. The number of nitrogens with zero attached hydrogens (tertiary/aromatic N) is 2. The van der Waals surface area contributed by atoms with E-state index in [2.05, 4.69) is 4.90 Å². The Balaban J connectivity index is 2.08. The number of benzene rings is 1. The third-order valence-electron chi connectivity index (χ3n) is 3.04. The summed E-state index contributed by atoms with van der Waals surface area (Å²) in [4.78, 5) is 12.4. The molecule has 1 unspecified atom stereocenters. The number of nitro groups is 1. The molecule has 1 aromatic rings. The molecule has 1 aliphatic rings. The Morgan fingerprint density at radius 1 is 1.44 bits per heavy atom. The summed E-state index contributed by atoms with van der Waals surface area (Å²) in [6, 6.07) is 6.70. The third-order valence-corrected chi connectivity index (χ3v) is 3.04. The van der Waals surface area contributed by atoms with Gasteiger partial charge in [0, 0.05) is 30.9 Å². The molecule has 1 aromatic carbocycles. The molecular formula is C11H15N3O2. The molecule has 0 aromatic heterocycles. The minimum atomic E-state index is -0.379. The van der Waals surface area contributed by atoms with E-state index < -0.39 is 0 Å². The summed E-state index contributed by atoms with van der Waals surface area (Å²) in [5, 5.41) is 10.5. The van der Waals surface area contributed by atoms with Crippen molar-refractivity contribution >= 4 is 11.4 Å². The number of hydrogen-bond acceptors (Lipinski definition) is 4. The maximum atomic E-state index is 10.5. The molecule has 5 nitrogen and oxygen atoms in total. The predicted octanol–water partition coefficient (Wildman–Crippen LogP) is 1.38. The first-order valence-electron chi connectivity index (χ1n) is 5.40. The summed E-state index contributed by atoms with van der Waals surface area (Å²) in [5.74, 6) is 0.551. The number of anilines is 1. The van der Waals surface area contributed by atoms with E-state index in [-0.39, 0.29) is 10.6 Å². The fraction of sp³-hybridized carbons (Fsp3) is 0.455. The number of hydrogen-bond donors (Lipinski definition) is 1. The highest BCUT2D eigenvalue weighted by Crippen LogP contribution is 2.25. The van der Waals surface area contributed by atoms with Gasteiger partial charge in [0.05, 0.1) is 4.92 Å². The van der Waals surface area contributed by atoms with E-state index in [0.717, 1.165) is 25.2 Å². The largest absolute Gasteiger partial charge is 0.371 e. The lowest BCUT2D eigenvalue weighted by atomic mass is 10.1. The molecule has 86 valence electrons. The molecule has 0 radical (unpaired) electrons. The summed E-state index contributed by atoms with van der Waals surface area (Å²) in [7, 11) is 0. The van der Waals surface area contributed by atoms with Crippen molar-refractivity contribution in [1.29, 1.82) is 0 Å². The summed E-state index contributed by atoms with van der Waals surface area (Å²) in [6.07, 6.45) is 1.10. The molecule has 16 heavy (non-hydrogen) atoms. The first-order valence-corrected chi connectivity index (χ1v) is 5.40. The summed E-state index contributed by atoms with van der Waals surface area (Å²) in [5.41, 5.74) is 6.80. The maximum absolute atomic E-state index is 10.5. The van der Waals surface area contributed by atoms with Crippen LogP contribution in [0.3, 0.4) is 0 Å². The molecule has 2 N–H and O–H groups in total. The van der Waals surface area contributed by atoms with Gasteiger partial charge in [0.1, 0.15) is 0 Å². The normalized spacial score (nSPS) is 20.1. The Hall–Kier alpha value is -1.62. The number of nitrogens with two attached hydrogens (primary N) is 1. The van der Waals surface area contributed by atoms with Crippen LogP contribution in [-0.2, 0) is 0 Å². The van der Waals surface area contributed by atoms with Gasteiger partial charge in [-0.25, -0.2) is 0 Å². The summed E-state index contributed by atoms with van der Waals surface area (Å²) < 4.78 is 0. The smallest absolute Gasteiger partial charge is 0.269 e. The van der Waals surface area contributed by atoms with Crippen molar-refractivity contribution in [3.63, 3.8) is 0 Å². The fourth-order valence-electron chi connectivity index (χ4n) is 2.04. The van der Waals surface area contributed by atoms with E-state index in [4.69, 9.17) is 5.73 Å². The first kappa shape index (κ1) is 10.9. The Bertz CT molecular complexity index is 377. The van der Waals surface area contributed by atoms with Crippen LogP contribution in [0.4, 0.5) is 11.4 Å². The van der Waals surface area contributed by atoms with E-state index >= 15 is 0 Å². The van der Waals surface area contributed by atoms with Crippen molar-refractivity contribution in [2.45, 2.75) is 6.42 Å². The highest BCUT2D eigenvalue weighted by molar-refractivity contribution is 5.51. The van der Waals surface area contributed by atoms with Gasteiger partial charge in [-0.1, -0.05) is 0 Å². The minimum Gasteiger partial charge on any atom is -0.371 e. The average molecular weight is 221 g/mol. The van der Waals surface area contributed by atoms with Crippen molar-refractivity contribution in [2.75, 3.05) is 24.5 Å². The Morgan fingerprint density at radius 3 is 2.62 bits per heavy atom. The first-order chi connectivity index (χ1) is 7.70. The van der Waals surface area contributed by atoms with Crippen molar-refractivity contribution in [3.8, 4) is 0 Å². The molecule has 2 rings (SSSR count). The van der Waals surface area contributed by atoms with Gasteiger partial charge in [-0.3, -0.25) is 10.1 Å². The Kier molecular flexibility index (Phi) is 3.05. The second kappa shape index (κ2) is 4.49. The van der Waals surface area contributed by atoms with E-state index in [1.807, 2.05) is 0 Å². The molecular weight excluding hydrogens is 206 g/mol. The van der Waals surface area contributed by atoms with Gasteiger partial charge in [-0.15, -0.1) is 0 Å². The predicted molar refractivity (Wildman–Crippen MR) is 62.5 cm³/mol. The number of nitro benzene ring substituents is 1. The molecule has 1 fully saturated rings. The molecule has 0 amide bonds. The van der Waals surface area contributed by atoms with Gasteiger partial charge < -0.3 is 10.6 Å². The van der Waals surface area contributed by atoms with Gasteiger partial charge in [-0.2, -0.15) is 0 Å². The van der Waals surface area contributed by atoms with Crippen LogP contribution in [0.1, 0.15) is 6.42 Å². The molecule has 5 heteroatoms. The zero-order chi connectivity index (χ0) is 11.5. The lowest BCUT2D eigenvalue weighted by Crippen LogP contribution is -2.22. The maximum Gasteiger partial charge on any atom is 0.269 e. The van der Waals surface area contributed by atoms with Crippen LogP contribution in [0.5, 0.6) is 0 Å². The van der Waals surface area contributed by atoms with Crippen molar-refractivity contribution < 1.29 is 4.92 Å². The average Bonchev–Trinajstić information content (AvgIpc) is 2.77. The van der Waals surface area contributed by atoms with E-state index in [1.54, 1.807) is 24.3 Å². The number of rotatable bonds is 3. The lowest BCUT2D eigenvalue weighted by Gasteiger charge is -2.18. The topological polar surface area (TPSA) is 72.4 Å². The van der Waals surface area contributed by atoms with Gasteiger partial charge in [0.15, 0.2) is 0 Å². The van der Waals surface area contributed by atoms with Crippen LogP contribution in [0.25, 0.3) is 0 Å². The SMILES string of the molecule is NCC1CCN(c2ccc([N+](=O)[O-])cc2)C1. The van der Waals surface area contributed by atoms with E-state index in [1.165, 1.54) is 0 Å². The van der Waals surface area contributed by atoms with Crippen molar-refractivity contribution in [2.24, 2.45) is 11.7 Å². The quantitative estimate of drug-likeness (QED) is 0.618. The second-order valence-electron chi connectivity index (χ2n) is 4.11. The highest BCUT2D eigenvalue weighted by atomic mass is 16.6. The van der Waals surface area contributed by atoms with Gasteiger partial charge in [-0.05, 0) is 31.0 Å². The van der Waals surface area contributed by atoms with Gasteiger partial charge in [0.2, 0.25) is 0 Å². The summed E-state index contributed by atoms with van der Waals surface area (Å²) >= 11 is 0. The molecule has 1 aliphatic heterocycles. The van der Waals surface area contributed by atoms with Gasteiger partial charge >= 0.3 is 0 Å². The van der Waals surface area contributed by atoms with E-state index in [0.29, 0.717) is 12.5 Å². The Morgan fingerprint density at radius 2 is 2.12 bits per heavy atom. The monoisotopic (exact) mass is 221 g/mol. The van der Waals surface area contributed by atoms with Crippen LogP contribution in [0, 0.1) is 16.0 Å². The van der Waals surface area contributed by atoms with Crippen LogP contribution < -0.4 is 10.6 Å². The zero-order valence-electron chi connectivity index (χ0n) is 9.00. The molecule has 0 saturated carbocycles. The van der Waals surface area contributed by atoms with Crippen molar-refractivity contribution in [1.82, 2.24) is 0 Å². The summed E-state index contributed by atoms with van der Waals surface area (Å²) in [6.45, 7) is 2.65. The standard InChI is InChI=1S/C11H15N3O2/c12-7-9-5-6-13(8-9)10-1-3-11(4-2-10)14(15)16/h1-4,9H,5-8,12H2. The molecule has 1 atom stereocenters. The van der Waals surface area contributed by atoms with Crippen LogP contribution >= 0.6 is 0 Å². The van der Waals surface area contributed by atoms with Crippen LogP contribution in [0.15, 0.2) is 24.3 Å². The molecule has 0 bridgehead atoms. The zero-order valence-corrected chi connectivity index (χ0v) is 9.00. The molecule has 1 heterocycles. The minimum absolute atomic E-state index is 0.137. The lowest BCUT2D eigenvalue weighted by molar-refractivity contribution is -0.384. The Labute approximate surface area is 94.0 Å². The molecule has 0 spiro atoms. The van der Waals surface area contributed by atoms with Gasteiger partial charge in [0.25, 0.3) is 5.69 Å². The highest BCUT2D eigenvalue weighted by Gasteiger charge is 2.21. The van der Waals surface area contributed by atoms with Crippen molar-refractivity contribution in [3.05, 3.63) is 34.4 Å². The van der Waals surface area contributed by atoms with E-state index in [9.17, 15) is 10.1 Å².